The Morgan fingerprint density at radius 2 is 1.92 bits per heavy atom. The van der Waals surface area contributed by atoms with E-state index in [1.807, 2.05) is 13.8 Å². The van der Waals surface area contributed by atoms with Crippen LogP contribution in [-0.4, -0.2) is 6.29 Å². The van der Waals surface area contributed by atoms with Gasteiger partial charge in [0, 0.05) is 5.41 Å². The molecule has 1 heteroatoms. The van der Waals surface area contributed by atoms with E-state index in [9.17, 15) is 4.79 Å². The Hall–Kier alpha value is -0.330. The monoisotopic (exact) mass is 184 g/mol. The lowest BCUT2D eigenvalue weighted by atomic mass is 9.81. The highest BCUT2D eigenvalue weighted by Crippen LogP contribution is 2.28. The third-order valence-electron chi connectivity index (χ3n) is 2.68. The summed E-state index contributed by atoms with van der Waals surface area (Å²) in [5.41, 5.74) is -0.117. The molecule has 0 aliphatic carbocycles. The normalized spacial score (nSPS) is 14.2. The van der Waals surface area contributed by atoms with Crippen LogP contribution >= 0.6 is 0 Å². The summed E-state index contributed by atoms with van der Waals surface area (Å²) in [7, 11) is 0. The topological polar surface area (TPSA) is 17.1 Å². The van der Waals surface area contributed by atoms with Crippen LogP contribution in [0.15, 0.2) is 0 Å². The first-order valence-electron chi connectivity index (χ1n) is 5.52. The zero-order valence-electron chi connectivity index (χ0n) is 9.60. The van der Waals surface area contributed by atoms with E-state index in [1.165, 1.54) is 25.7 Å². The molecule has 0 N–H and O–H groups in total. The van der Waals surface area contributed by atoms with Crippen molar-refractivity contribution in [3.8, 4) is 0 Å². The van der Waals surface area contributed by atoms with E-state index in [2.05, 4.69) is 13.8 Å². The summed E-state index contributed by atoms with van der Waals surface area (Å²) in [5.74, 6) is 0.736. The molecular formula is C12H24O. The first-order valence-corrected chi connectivity index (χ1v) is 5.52. The van der Waals surface area contributed by atoms with Gasteiger partial charge in [0.25, 0.3) is 0 Å². The van der Waals surface area contributed by atoms with Gasteiger partial charge in [-0.3, -0.25) is 0 Å². The van der Waals surface area contributed by atoms with Crippen LogP contribution in [0, 0.1) is 11.3 Å². The van der Waals surface area contributed by atoms with Gasteiger partial charge in [0.1, 0.15) is 6.29 Å². The van der Waals surface area contributed by atoms with E-state index in [-0.39, 0.29) is 5.41 Å². The summed E-state index contributed by atoms with van der Waals surface area (Å²) in [6, 6.07) is 0. The Balaban J connectivity index is 3.89. The first-order chi connectivity index (χ1) is 6.05. The quantitative estimate of drug-likeness (QED) is 0.550. The molecule has 0 rings (SSSR count). The van der Waals surface area contributed by atoms with E-state index >= 15 is 0 Å². The van der Waals surface area contributed by atoms with Crippen molar-refractivity contribution in [2.45, 2.75) is 59.8 Å². The molecule has 13 heavy (non-hydrogen) atoms. The minimum Gasteiger partial charge on any atom is -0.303 e. The second kappa shape index (κ2) is 6.17. The third kappa shape index (κ3) is 5.84. The van der Waals surface area contributed by atoms with Gasteiger partial charge in [-0.15, -0.1) is 0 Å². The molecule has 1 nitrogen and oxygen atoms in total. The van der Waals surface area contributed by atoms with Crippen LogP contribution in [0.4, 0.5) is 0 Å². The molecule has 0 aliphatic heterocycles. The molecule has 0 heterocycles. The predicted molar refractivity (Wildman–Crippen MR) is 57.8 cm³/mol. The van der Waals surface area contributed by atoms with Crippen LogP contribution in [0.1, 0.15) is 59.8 Å². The lowest BCUT2D eigenvalue weighted by molar-refractivity contribution is -0.115. The molecule has 0 fully saturated rings. The van der Waals surface area contributed by atoms with E-state index in [0.29, 0.717) is 0 Å². The molecule has 0 aromatic carbocycles. The number of hydrogen-bond donors (Lipinski definition) is 0. The summed E-state index contributed by atoms with van der Waals surface area (Å²) in [5, 5.41) is 0. The number of hydrogen-bond acceptors (Lipinski definition) is 1. The summed E-state index contributed by atoms with van der Waals surface area (Å²) in [4.78, 5) is 10.8. The van der Waals surface area contributed by atoms with Crippen molar-refractivity contribution in [1.29, 1.82) is 0 Å². The fourth-order valence-corrected chi connectivity index (χ4v) is 1.74. The molecule has 78 valence electrons. The van der Waals surface area contributed by atoms with Crippen LogP contribution in [0.3, 0.4) is 0 Å². The van der Waals surface area contributed by atoms with Crippen molar-refractivity contribution >= 4 is 6.29 Å². The van der Waals surface area contributed by atoms with Gasteiger partial charge in [-0.2, -0.15) is 0 Å². The maximum absolute atomic E-state index is 10.8. The summed E-state index contributed by atoms with van der Waals surface area (Å²) in [6.45, 7) is 8.52. The minimum atomic E-state index is -0.117. The Morgan fingerprint density at radius 1 is 1.31 bits per heavy atom. The number of carbonyl (C=O) groups is 1. The third-order valence-corrected chi connectivity index (χ3v) is 2.68. The van der Waals surface area contributed by atoms with Crippen molar-refractivity contribution in [3.63, 3.8) is 0 Å². The molecule has 0 spiro atoms. The number of aldehydes is 1. The molecular weight excluding hydrogens is 160 g/mol. The van der Waals surface area contributed by atoms with Crippen molar-refractivity contribution in [2.75, 3.05) is 0 Å². The average molecular weight is 184 g/mol. The zero-order valence-corrected chi connectivity index (χ0v) is 9.60. The van der Waals surface area contributed by atoms with Gasteiger partial charge >= 0.3 is 0 Å². The fraction of sp³-hybridized carbons (Fsp3) is 0.917. The molecule has 0 aromatic heterocycles. The summed E-state index contributed by atoms with van der Waals surface area (Å²) >= 11 is 0. The van der Waals surface area contributed by atoms with Gasteiger partial charge < -0.3 is 4.79 Å². The molecule has 0 bridgehead atoms. The largest absolute Gasteiger partial charge is 0.303 e. The Kier molecular flexibility index (Phi) is 6.02. The Labute approximate surface area is 82.9 Å². The second-order valence-corrected chi connectivity index (χ2v) is 4.73. The van der Waals surface area contributed by atoms with Gasteiger partial charge in [-0.1, -0.05) is 53.4 Å². The highest BCUT2D eigenvalue weighted by atomic mass is 16.1. The van der Waals surface area contributed by atoms with Gasteiger partial charge in [-0.25, -0.2) is 0 Å². The van der Waals surface area contributed by atoms with Gasteiger partial charge in [0.05, 0.1) is 0 Å². The predicted octanol–water partition coefficient (Wildman–Crippen LogP) is 3.82. The standard InChI is InChI=1S/C12H24O/c1-5-7-8-11(6-2)9-12(3,4)10-13/h10-11H,5-9H2,1-4H3. The fourth-order valence-electron chi connectivity index (χ4n) is 1.74. The molecule has 0 saturated carbocycles. The summed E-state index contributed by atoms with van der Waals surface area (Å²) in [6.07, 6.45) is 7.20. The van der Waals surface area contributed by atoms with Crippen LogP contribution in [-0.2, 0) is 4.79 Å². The Morgan fingerprint density at radius 3 is 2.31 bits per heavy atom. The molecule has 0 aromatic rings. The van der Waals surface area contributed by atoms with Crippen LogP contribution in [0.5, 0.6) is 0 Å². The van der Waals surface area contributed by atoms with Crippen molar-refractivity contribution in [3.05, 3.63) is 0 Å². The molecule has 0 radical (unpaired) electrons. The smallest absolute Gasteiger partial charge is 0.125 e. The van der Waals surface area contributed by atoms with Crippen molar-refractivity contribution in [1.82, 2.24) is 0 Å². The second-order valence-electron chi connectivity index (χ2n) is 4.73. The van der Waals surface area contributed by atoms with Gasteiger partial charge in [0.15, 0.2) is 0 Å². The summed E-state index contributed by atoms with van der Waals surface area (Å²) < 4.78 is 0. The number of rotatable bonds is 7. The van der Waals surface area contributed by atoms with E-state index < -0.39 is 0 Å². The number of carbonyl (C=O) groups excluding carboxylic acids is 1. The lowest BCUT2D eigenvalue weighted by Gasteiger charge is -2.23. The highest BCUT2D eigenvalue weighted by Gasteiger charge is 2.21. The maximum atomic E-state index is 10.8. The van der Waals surface area contributed by atoms with E-state index in [1.54, 1.807) is 0 Å². The van der Waals surface area contributed by atoms with Gasteiger partial charge in [-0.05, 0) is 12.3 Å². The van der Waals surface area contributed by atoms with Gasteiger partial charge in [0.2, 0.25) is 0 Å². The first kappa shape index (κ1) is 12.7. The molecule has 1 unspecified atom stereocenters. The van der Waals surface area contributed by atoms with E-state index in [4.69, 9.17) is 0 Å². The molecule has 0 amide bonds. The highest BCUT2D eigenvalue weighted by molar-refractivity contribution is 5.57. The number of unbranched alkanes of at least 4 members (excludes halogenated alkanes) is 1. The lowest BCUT2D eigenvalue weighted by Crippen LogP contribution is -2.18. The van der Waals surface area contributed by atoms with Crippen molar-refractivity contribution < 1.29 is 4.79 Å². The minimum absolute atomic E-state index is 0.117. The maximum Gasteiger partial charge on any atom is 0.125 e. The Bertz CT molecular complexity index is 138. The van der Waals surface area contributed by atoms with E-state index in [0.717, 1.165) is 18.6 Å². The average Bonchev–Trinajstić information content (AvgIpc) is 2.12. The molecule has 1 atom stereocenters. The van der Waals surface area contributed by atoms with Crippen molar-refractivity contribution in [2.24, 2.45) is 11.3 Å². The van der Waals surface area contributed by atoms with Crippen LogP contribution < -0.4 is 0 Å². The van der Waals surface area contributed by atoms with Crippen LogP contribution in [0.25, 0.3) is 0 Å². The molecule has 0 aliphatic rings. The zero-order chi connectivity index (χ0) is 10.3. The SMILES string of the molecule is CCCCC(CC)CC(C)(C)C=O. The molecule has 0 saturated heterocycles. The van der Waals surface area contributed by atoms with Crippen LogP contribution in [0.2, 0.25) is 0 Å².